The zero-order valence-corrected chi connectivity index (χ0v) is 14.5. The Hall–Kier alpha value is -2.38. The van der Waals surface area contributed by atoms with Gasteiger partial charge in [0.1, 0.15) is 11.6 Å². The first-order chi connectivity index (χ1) is 11.5. The van der Waals surface area contributed by atoms with Crippen LogP contribution in [0.5, 0.6) is 5.75 Å². The summed E-state index contributed by atoms with van der Waals surface area (Å²) >= 11 is 6.06. The fourth-order valence-corrected chi connectivity index (χ4v) is 2.10. The molecule has 1 heterocycles. The number of amides is 1. The first-order valence-corrected chi connectivity index (χ1v) is 7.65. The summed E-state index contributed by atoms with van der Waals surface area (Å²) in [6.07, 6.45) is 0. The Bertz CT molecular complexity index is 707. The number of carbonyl (C=O) groups excluding carboxylic acids is 1. The number of nitrogens with one attached hydrogen (secondary N) is 2. The molecule has 0 spiro atoms. The molecule has 8 heteroatoms. The molecule has 7 nitrogen and oxygen atoms in total. The number of hydrogen-bond acceptors (Lipinski definition) is 6. The Morgan fingerprint density at radius 2 is 2.04 bits per heavy atom. The van der Waals surface area contributed by atoms with Gasteiger partial charge in [-0.1, -0.05) is 11.6 Å². The van der Waals surface area contributed by atoms with Crippen molar-refractivity contribution in [1.82, 2.24) is 10.2 Å². The number of carbonyl (C=O) groups is 1. The number of anilines is 2. The number of nitrogens with zero attached hydrogens (tertiary/aromatic N) is 2. The van der Waals surface area contributed by atoms with Crippen LogP contribution in [0.4, 0.5) is 11.5 Å². The van der Waals surface area contributed by atoms with Gasteiger partial charge in [0, 0.05) is 24.7 Å². The van der Waals surface area contributed by atoms with Crippen LogP contribution in [0, 0.1) is 6.92 Å². The molecule has 0 unspecified atom stereocenters. The SMILES string of the molecule is COCCNc1ccc(C(=O)Nc2cc(C)c(Cl)cc2OC)nn1. The molecule has 0 aliphatic heterocycles. The summed E-state index contributed by atoms with van der Waals surface area (Å²) in [5.74, 6) is 0.666. The number of aromatic nitrogens is 2. The third kappa shape index (κ3) is 4.56. The maximum atomic E-state index is 12.3. The van der Waals surface area contributed by atoms with Crippen LogP contribution in [-0.4, -0.2) is 43.5 Å². The van der Waals surface area contributed by atoms with E-state index in [2.05, 4.69) is 20.8 Å². The van der Waals surface area contributed by atoms with Gasteiger partial charge in [0.15, 0.2) is 5.69 Å². The highest BCUT2D eigenvalue weighted by Gasteiger charge is 2.13. The van der Waals surface area contributed by atoms with Crippen LogP contribution in [-0.2, 0) is 4.74 Å². The third-order valence-corrected chi connectivity index (χ3v) is 3.65. The lowest BCUT2D eigenvalue weighted by Crippen LogP contribution is -2.16. The van der Waals surface area contributed by atoms with E-state index in [1.165, 1.54) is 7.11 Å². The maximum absolute atomic E-state index is 12.3. The number of halogens is 1. The molecular formula is C16H19ClN4O3. The van der Waals surface area contributed by atoms with Gasteiger partial charge in [-0.25, -0.2) is 0 Å². The highest BCUT2D eigenvalue weighted by Crippen LogP contribution is 2.31. The van der Waals surface area contributed by atoms with Gasteiger partial charge in [0.05, 0.1) is 19.4 Å². The smallest absolute Gasteiger partial charge is 0.276 e. The molecule has 0 radical (unpaired) electrons. The fraction of sp³-hybridized carbons (Fsp3) is 0.312. The van der Waals surface area contributed by atoms with E-state index in [1.54, 1.807) is 31.4 Å². The number of rotatable bonds is 7. The molecule has 0 fully saturated rings. The molecule has 1 aromatic carbocycles. The molecule has 0 saturated heterocycles. The maximum Gasteiger partial charge on any atom is 0.276 e. The van der Waals surface area contributed by atoms with Crippen molar-refractivity contribution in [2.75, 3.05) is 38.0 Å². The van der Waals surface area contributed by atoms with E-state index in [0.29, 0.717) is 35.4 Å². The number of ether oxygens (including phenoxy) is 2. The third-order valence-electron chi connectivity index (χ3n) is 3.24. The summed E-state index contributed by atoms with van der Waals surface area (Å²) in [5.41, 5.74) is 1.55. The van der Waals surface area contributed by atoms with Crippen LogP contribution in [0.3, 0.4) is 0 Å². The Morgan fingerprint density at radius 3 is 2.67 bits per heavy atom. The molecule has 1 aromatic heterocycles. The quantitative estimate of drug-likeness (QED) is 0.747. The number of aryl methyl sites for hydroxylation is 1. The lowest BCUT2D eigenvalue weighted by Gasteiger charge is -2.12. The molecule has 24 heavy (non-hydrogen) atoms. The molecule has 0 aliphatic rings. The van der Waals surface area contributed by atoms with Crippen molar-refractivity contribution in [3.63, 3.8) is 0 Å². The summed E-state index contributed by atoms with van der Waals surface area (Å²) in [5, 5.41) is 14.2. The normalized spacial score (nSPS) is 10.3. The monoisotopic (exact) mass is 350 g/mol. The van der Waals surface area contributed by atoms with Crippen molar-refractivity contribution < 1.29 is 14.3 Å². The van der Waals surface area contributed by atoms with Crippen molar-refractivity contribution in [2.45, 2.75) is 6.92 Å². The first kappa shape index (κ1) is 18.0. The molecule has 0 bridgehead atoms. The van der Waals surface area contributed by atoms with Crippen molar-refractivity contribution in [3.05, 3.63) is 40.5 Å². The molecule has 2 rings (SSSR count). The van der Waals surface area contributed by atoms with Crippen LogP contribution >= 0.6 is 11.6 Å². The largest absolute Gasteiger partial charge is 0.495 e. The summed E-state index contributed by atoms with van der Waals surface area (Å²) in [6.45, 7) is 3.01. The second kappa shape index (κ2) is 8.47. The molecule has 128 valence electrons. The zero-order chi connectivity index (χ0) is 17.5. The van der Waals surface area contributed by atoms with Crippen LogP contribution in [0.1, 0.15) is 16.1 Å². The minimum absolute atomic E-state index is 0.196. The van der Waals surface area contributed by atoms with Crippen LogP contribution in [0.2, 0.25) is 5.02 Å². The number of methoxy groups -OCH3 is 2. The lowest BCUT2D eigenvalue weighted by atomic mass is 10.2. The van der Waals surface area contributed by atoms with Crippen molar-refractivity contribution in [3.8, 4) is 5.75 Å². The van der Waals surface area contributed by atoms with Gasteiger partial charge >= 0.3 is 0 Å². The Balaban J connectivity index is 2.08. The summed E-state index contributed by atoms with van der Waals surface area (Å²) in [4.78, 5) is 12.3. The minimum atomic E-state index is -0.383. The number of hydrogen-bond donors (Lipinski definition) is 2. The molecule has 0 aliphatic carbocycles. The van der Waals surface area contributed by atoms with Gasteiger partial charge in [-0.05, 0) is 30.7 Å². The van der Waals surface area contributed by atoms with Gasteiger partial charge < -0.3 is 20.1 Å². The van der Waals surface area contributed by atoms with Crippen molar-refractivity contribution in [1.29, 1.82) is 0 Å². The topological polar surface area (TPSA) is 85.4 Å². The summed E-state index contributed by atoms with van der Waals surface area (Å²) in [7, 11) is 3.13. The van der Waals surface area contributed by atoms with E-state index in [1.807, 2.05) is 6.92 Å². The predicted molar refractivity (Wildman–Crippen MR) is 93.1 cm³/mol. The molecule has 2 aromatic rings. The number of benzene rings is 1. The molecule has 2 N–H and O–H groups in total. The van der Waals surface area contributed by atoms with E-state index in [9.17, 15) is 4.79 Å². The van der Waals surface area contributed by atoms with Crippen LogP contribution in [0.25, 0.3) is 0 Å². The van der Waals surface area contributed by atoms with Crippen molar-refractivity contribution >= 4 is 29.0 Å². The molecule has 0 saturated carbocycles. The highest BCUT2D eigenvalue weighted by molar-refractivity contribution is 6.31. The van der Waals surface area contributed by atoms with Gasteiger partial charge in [-0.3, -0.25) is 4.79 Å². The minimum Gasteiger partial charge on any atom is -0.495 e. The second-order valence-corrected chi connectivity index (χ2v) is 5.39. The molecule has 0 atom stereocenters. The first-order valence-electron chi connectivity index (χ1n) is 7.27. The Labute approximate surface area is 145 Å². The standard InChI is InChI=1S/C16H19ClN4O3/c1-10-8-13(14(24-3)9-11(10)17)19-16(22)12-4-5-15(21-20-12)18-6-7-23-2/h4-5,8-9H,6-7H2,1-3H3,(H,18,21)(H,19,22). The molecular weight excluding hydrogens is 332 g/mol. The average Bonchev–Trinajstić information content (AvgIpc) is 2.58. The van der Waals surface area contributed by atoms with E-state index < -0.39 is 0 Å². The highest BCUT2D eigenvalue weighted by atomic mass is 35.5. The van der Waals surface area contributed by atoms with Gasteiger partial charge in [0.2, 0.25) is 0 Å². The van der Waals surface area contributed by atoms with E-state index in [0.717, 1.165) is 5.56 Å². The van der Waals surface area contributed by atoms with Crippen LogP contribution in [0.15, 0.2) is 24.3 Å². The predicted octanol–water partition coefficient (Wildman–Crippen LogP) is 2.76. The van der Waals surface area contributed by atoms with Crippen LogP contribution < -0.4 is 15.4 Å². The fourth-order valence-electron chi connectivity index (χ4n) is 1.94. The van der Waals surface area contributed by atoms with Gasteiger partial charge in [-0.2, -0.15) is 0 Å². The summed E-state index contributed by atoms with van der Waals surface area (Å²) in [6, 6.07) is 6.67. The zero-order valence-electron chi connectivity index (χ0n) is 13.7. The van der Waals surface area contributed by atoms with E-state index >= 15 is 0 Å². The lowest BCUT2D eigenvalue weighted by molar-refractivity contribution is 0.102. The van der Waals surface area contributed by atoms with E-state index in [-0.39, 0.29) is 11.6 Å². The average molecular weight is 351 g/mol. The van der Waals surface area contributed by atoms with Crippen molar-refractivity contribution in [2.24, 2.45) is 0 Å². The molecule has 1 amide bonds. The Morgan fingerprint density at radius 1 is 1.25 bits per heavy atom. The van der Waals surface area contributed by atoms with E-state index in [4.69, 9.17) is 21.1 Å². The summed E-state index contributed by atoms with van der Waals surface area (Å²) < 4.78 is 10.2. The van der Waals surface area contributed by atoms with Gasteiger partial charge in [0.25, 0.3) is 5.91 Å². The Kier molecular flexibility index (Phi) is 6.34. The second-order valence-electron chi connectivity index (χ2n) is 4.98. The van der Waals surface area contributed by atoms with Gasteiger partial charge in [-0.15, -0.1) is 10.2 Å².